The Morgan fingerprint density at radius 1 is 0.647 bits per heavy atom. The summed E-state index contributed by atoms with van der Waals surface area (Å²) in [6.07, 6.45) is 6.72. The molecule has 4 aromatic carbocycles. The number of carbonyl (C=O) groups excluding carboxylic acids is 3. The SMILES string of the molecule is C=CC(=O)Cl.C=CC(=O)N1CCC(n2c(=O)cnc3cc(-c4ccc(F)cc4F)c(Cl)cc32)CC1.CC(C)(C)OC(=O)N1CCC(n2c(=O)cnc3cc(-c4ccc(F)cc4F)c(Cl)cc32)CC1. The van der Waals surface area contributed by atoms with Crippen molar-refractivity contribution in [1.82, 2.24) is 28.9 Å². The molecule has 0 bridgehead atoms. The third-order valence-corrected chi connectivity index (χ3v) is 11.9. The molecule has 68 heavy (non-hydrogen) atoms. The lowest BCUT2D eigenvalue weighted by Crippen LogP contribution is -2.43. The minimum Gasteiger partial charge on any atom is -0.444 e. The Kier molecular flexibility index (Phi) is 16.3. The number of likely N-dealkylation sites (tertiary alicyclic amines) is 2. The van der Waals surface area contributed by atoms with Crippen LogP contribution in [0.25, 0.3) is 44.3 Å². The molecule has 0 N–H and O–H groups in total. The minimum atomic E-state index is -0.737. The second-order valence-corrected chi connectivity index (χ2v) is 18.0. The topological polar surface area (TPSA) is 137 Å². The lowest BCUT2D eigenvalue weighted by molar-refractivity contribution is -0.127. The van der Waals surface area contributed by atoms with E-state index in [1.54, 1.807) is 43.2 Å². The van der Waals surface area contributed by atoms with Gasteiger partial charge in [-0.1, -0.05) is 36.4 Å². The van der Waals surface area contributed by atoms with Crippen molar-refractivity contribution in [3.05, 3.63) is 152 Å². The average molecular weight is 996 g/mol. The van der Waals surface area contributed by atoms with Crippen LogP contribution in [0.5, 0.6) is 0 Å². The minimum absolute atomic E-state index is 0.124. The number of piperidine rings is 2. The van der Waals surface area contributed by atoms with Crippen LogP contribution >= 0.6 is 34.8 Å². The number of rotatable bonds is 6. The number of halogens is 7. The number of hydrogen-bond acceptors (Lipinski definition) is 8. The number of hydrogen-bond donors (Lipinski definition) is 0. The lowest BCUT2D eigenvalue weighted by Gasteiger charge is -2.34. The summed E-state index contributed by atoms with van der Waals surface area (Å²) in [5.74, 6) is -2.96. The zero-order chi connectivity index (χ0) is 49.6. The highest BCUT2D eigenvalue weighted by atomic mass is 35.5. The fourth-order valence-corrected chi connectivity index (χ4v) is 8.51. The predicted octanol–water partition coefficient (Wildman–Crippen LogP) is 10.8. The molecule has 12 nitrogen and oxygen atoms in total. The van der Waals surface area contributed by atoms with Crippen molar-refractivity contribution in [2.45, 2.75) is 64.1 Å². The third kappa shape index (κ3) is 12.0. The largest absolute Gasteiger partial charge is 0.444 e. The van der Waals surface area contributed by atoms with Crippen LogP contribution in [0.1, 0.15) is 58.5 Å². The number of benzene rings is 4. The van der Waals surface area contributed by atoms with Crippen LogP contribution in [0.2, 0.25) is 10.0 Å². The first-order valence-electron chi connectivity index (χ1n) is 21.2. The summed E-state index contributed by atoms with van der Waals surface area (Å²) in [6.45, 7) is 13.9. The van der Waals surface area contributed by atoms with Crippen LogP contribution in [0.15, 0.2) is 108 Å². The fraction of sp³-hybridized carbons (Fsp3) is 0.286. The summed E-state index contributed by atoms with van der Waals surface area (Å²) in [5.41, 5.74) is 1.89. The van der Waals surface area contributed by atoms with Crippen molar-refractivity contribution >= 4 is 74.1 Å². The maximum atomic E-state index is 14.3. The third-order valence-electron chi connectivity index (χ3n) is 11.2. The molecular weight excluding hydrogens is 951 g/mol. The Morgan fingerprint density at radius 2 is 1.04 bits per heavy atom. The highest BCUT2D eigenvalue weighted by Gasteiger charge is 2.30. The molecule has 2 aliphatic rings. The Hall–Kier alpha value is -6.36. The molecule has 0 atom stereocenters. The number of carbonyl (C=O) groups is 3. The number of aromatic nitrogens is 4. The normalized spacial score (nSPS) is 14.4. The average Bonchev–Trinajstić information content (AvgIpc) is 3.29. The second kappa shape index (κ2) is 21.7. The van der Waals surface area contributed by atoms with Gasteiger partial charge in [-0.2, -0.15) is 0 Å². The van der Waals surface area contributed by atoms with Gasteiger partial charge in [-0.3, -0.25) is 19.2 Å². The first-order valence-corrected chi connectivity index (χ1v) is 22.4. The smallest absolute Gasteiger partial charge is 0.410 e. The van der Waals surface area contributed by atoms with Crippen LogP contribution < -0.4 is 11.1 Å². The quantitative estimate of drug-likeness (QED) is 0.0914. The molecule has 19 heteroatoms. The lowest BCUT2D eigenvalue weighted by atomic mass is 10.0. The Bertz CT molecular complexity index is 3050. The highest BCUT2D eigenvalue weighted by Crippen LogP contribution is 2.36. The maximum absolute atomic E-state index is 14.3. The van der Waals surface area contributed by atoms with Gasteiger partial charge in [0.1, 0.15) is 28.9 Å². The number of amides is 2. The van der Waals surface area contributed by atoms with Gasteiger partial charge in [-0.25, -0.2) is 32.3 Å². The first-order chi connectivity index (χ1) is 32.2. The molecule has 2 aliphatic heterocycles. The van der Waals surface area contributed by atoms with E-state index in [0.29, 0.717) is 85.1 Å². The van der Waals surface area contributed by atoms with Crippen LogP contribution in [0, 0.1) is 23.3 Å². The predicted molar refractivity (Wildman–Crippen MR) is 255 cm³/mol. The first kappa shape index (κ1) is 51.0. The number of allylic oxidation sites excluding steroid dienone is 1. The van der Waals surface area contributed by atoms with E-state index < -0.39 is 34.1 Å². The second-order valence-electron chi connectivity index (χ2n) is 16.8. The highest BCUT2D eigenvalue weighted by molar-refractivity contribution is 6.66. The van der Waals surface area contributed by atoms with Gasteiger partial charge in [0.05, 0.1) is 44.5 Å². The van der Waals surface area contributed by atoms with Gasteiger partial charge in [0.15, 0.2) is 0 Å². The van der Waals surface area contributed by atoms with Gasteiger partial charge in [0.2, 0.25) is 11.1 Å². The maximum Gasteiger partial charge on any atom is 0.410 e. The van der Waals surface area contributed by atoms with E-state index >= 15 is 0 Å². The van der Waals surface area contributed by atoms with E-state index in [2.05, 4.69) is 23.1 Å². The van der Waals surface area contributed by atoms with E-state index in [4.69, 9.17) is 39.5 Å². The summed E-state index contributed by atoms with van der Waals surface area (Å²) in [4.78, 5) is 70.7. The summed E-state index contributed by atoms with van der Waals surface area (Å²) in [7, 11) is 0. The zero-order valence-corrected chi connectivity index (χ0v) is 39.4. The molecule has 356 valence electrons. The van der Waals surface area contributed by atoms with Crippen molar-refractivity contribution in [2.24, 2.45) is 0 Å². The van der Waals surface area contributed by atoms with E-state index in [-0.39, 0.29) is 56.4 Å². The van der Waals surface area contributed by atoms with Gasteiger partial charge >= 0.3 is 6.09 Å². The number of ether oxygens (including phenoxy) is 1. The van der Waals surface area contributed by atoms with E-state index in [9.17, 15) is 41.5 Å². The van der Waals surface area contributed by atoms with Gasteiger partial charge in [0, 0.05) is 72.6 Å². The molecule has 4 heterocycles. The van der Waals surface area contributed by atoms with Crippen molar-refractivity contribution in [1.29, 1.82) is 0 Å². The molecular formula is C49H45Cl3F4N6O6. The van der Waals surface area contributed by atoms with E-state index in [1.807, 2.05) is 20.8 Å². The molecule has 2 aromatic heterocycles. The van der Waals surface area contributed by atoms with Crippen LogP contribution in [0.3, 0.4) is 0 Å². The monoisotopic (exact) mass is 994 g/mol. The number of nitrogens with zero attached hydrogens (tertiary/aromatic N) is 6. The molecule has 2 saturated heterocycles. The Morgan fingerprint density at radius 3 is 1.40 bits per heavy atom. The molecule has 0 radical (unpaired) electrons. The van der Waals surface area contributed by atoms with Crippen LogP contribution in [0.4, 0.5) is 22.4 Å². The van der Waals surface area contributed by atoms with Crippen LogP contribution in [-0.2, 0) is 14.3 Å². The molecule has 0 spiro atoms. The summed E-state index contributed by atoms with van der Waals surface area (Å²) in [5, 5.41) is -0.0567. The van der Waals surface area contributed by atoms with Gasteiger partial charge < -0.3 is 23.7 Å². The van der Waals surface area contributed by atoms with E-state index in [1.165, 1.54) is 30.6 Å². The summed E-state index contributed by atoms with van der Waals surface area (Å²) in [6, 6.07) is 12.6. The molecule has 6 aromatic rings. The standard InChI is InChI=1S/C24H24ClF2N3O3.C22H18ClF2N3O2.C3H3ClO/c1-24(2,3)33-23(32)29-8-6-15(7-9-29)30-21-12-18(25)17(11-20(21)28-13-22(30)31)16-5-4-14(26)10-19(16)27;1-2-21(29)27-7-5-14(6-8-27)28-20-11-17(23)16(10-19(20)26-12-22(28)30)15-4-3-13(24)9-18(15)25;1-2-3(4)5/h4-5,10-13,15H,6-9H2,1-3H3;2-4,9-12,14H,1,5-8H2;2H,1H2. The zero-order valence-electron chi connectivity index (χ0n) is 37.1. The van der Waals surface area contributed by atoms with Gasteiger partial charge in [-0.15, -0.1) is 0 Å². The summed E-state index contributed by atoms with van der Waals surface area (Å²) < 4.78 is 63.9. The molecule has 2 fully saturated rings. The van der Waals surface area contributed by atoms with Crippen molar-refractivity contribution in [2.75, 3.05) is 26.2 Å². The fourth-order valence-electron chi connectivity index (χ4n) is 8.00. The molecule has 0 saturated carbocycles. The summed E-state index contributed by atoms with van der Waals surface area (Å²) >= 11 is 17.6. The number of fused-ring (bicyclic) bond motifs is 2. The van der Waals surface area contributed by atoms with Gasteiger partial charge in [0.25, 0.3) is 11.1 Å². The van der Waals surface area contributed by atoms with Crippen molar-refractivity contribution in [3.63, 3.8) is 0 Å². The van der Waals surface area contributed by atoms with Crippen LogP contribution in [-0.4, -0.2) is 77.9 Å². The molecule has 8 rings (SSSR count). The molecule has 0 aliphatic carbocycles. The van der Waals surface area contributed by atoms with Crippen molar-refractivity contribution < 1.29 is 36.7 Å². The Balaban J connectivity index is 0.000000204. The molecule has 0 unspecified atom stereocenters. The van der Waals surface area contributed by atoms with E-state index in [0.717, 1.165) is 30.3 Å². The van der Waals surface area contributed by atoms with Crippen molar-refractivity contribution in [3.8, 4) is 22.3 Å². The molecule has 2 amide bonds. The Labute approximate surface area is 403 Å². The van der Waals surface area contributed by atoms with Gasteiger partial charge in [-0.05, 0) is 119 Å².